The van der Waals surface area contributed by atoms with Gasteiger partial charge in [-0.05, 0) is 6.92 Å². The molecular weight excluding hydrogens is 260 g/mol. The second-order valence-corrected chi connectivity index (χ2v) is 4.01. The van der Waals surface area contributed by atoms with Crippen LogP contribution in [0.1, 0.15) is 16.2 Å². The van der Waals surface area contributed by atoms with E-state index in [1.807, 2.05) is 0 Å². The van der Waals surface area contributed by atoms with Crippen LogP contribution in [0.4, 0.5) is 5.82 Å². The molecule has 3 aromatic heterocycles. The van der Waals surface area contributed by atoms with Crippen LogP contribution in [0.25, 0.3) is 5.82 Å². The van der Waals surface area contributed by atoms with Gasteiger partial charge in [-0.2, -0.15) is 0 Å². The maximum absolute atomic E-state index is 11.9. The first-order chi connectivity index (χ1) is 9.72. The monoisotopic (exact) mass is 270 g/mol. The zero-order valence-electron chi connectivity index (χ0n) is 10.5. The Balaban J connectivity index is 1.81. The summed E-state index contributed by atoms with van der Waals surface area (Å²) in [7, 11) is 0. The Labute approximate surface area is 113 Å². The van der Waals surface area contributed by atoms with Gasteiger partial charge in [0.25, 0.3) is 5.91 Å². The molecule has 3 rings (SSSR count). The van der Waals surface area contributed by atoms with Gasteiger partial charge in [0, 0.05) is 24.5 Å². The predicted molar refractivity (Wildman–Crippen MR) is 68.3 cm³/mol. The van der Waals surface area contributed by atoms with Gasteiger partial charge in [0.2, 0.25) is 0 Å². The predicted octanol–water partition coefficient (Wildman–Crippen LogP) is 1.21. The number of hydrogen-bond donors (Lipinski definition) is 1. The summed E-state index contributed by atoms with van der Waals surface area (Å²) >= 11 is 0. The third kappa shape index (κ3) is 2.39. The van der Waals surface area contributed by atoms with Crippen molar-refractivity contribution in [2.45, 2.75) is 6.92 Å². The van der Waals surface area contributed by atoms with E-state index in [0.29, 0.717) is 17.4 Å². The summed E-state index contributed by atoms with van der Waals surface area (Å²) in [5.74, 6) is 1.15. The van der Waals surface area contributed by atoms with Gasteiger partial charge in [-0.1, -0.05) is 5.16 Å². The van der Waals surface area contributed by atoms with Crippen LogP contribution in [0.2, 0.25) is 0 Å². The topological polar surface area (TPSA) is 98.7 Å². The second kappa shape index (κ2) is 4.92. The molecule has 3 aromatic rings. The zero-order chi connectivity index (χ0) is 13.9. The van der Waals surface area contributed by atoms with Crippen molar-refractivity contribution in [3.63, 3.8) is 0 Å². The van der Waals surface area contributed by atoms with E-state index in [1.54, 1.807) is 42.3 Å². The highest BCUT2D eigenvalue weighted by molar-refractivity contribution is 6.02. The summed E-state index contributed by atoms with van der Waals surface area (Å²) in [6, 6.07) is 3.18. The van der Waals surface area contributed by atoms with E-state index in [9.17, 15) is 4.79 Å². The number of imidazole rings is 1. The number of aryl methyl sites for hydroxylation is 1. The molecule has 0 aliphatic carbocycles. The zero-order valence-corrected chi connectivity index (χ0v) is 10.5. The van der Waals surface area contributed by atoms with Crippen LogP contribution in [0.3, 0.4) is 0 Å². The molecule has 8 heteroatoms. The van der Waals surface area contributed by atoms with Crippen LogP contribution in [0, 0.1) is 6.92 Å². The van der Waals surface area contributed by atoms with Crippen LogP contribution < -0.4 is 5.32 Å². The largest absolute Gasteiger partial charge is 0.361 e. The van der Waals surface area contributed by atoms with E-state index in [1.165, 1.54) is 6.33 Å². The number of rotatable bonds is 3. The Morgan fingerprint density at radius 1 is 1.35 bits per heavy atom. The van der Waals surface area contributed by atoms with Crippen LogP contribution in [0.15, 0.2) is 41.7 Å². The molecule has 0 aliphatic rings. The van der Waals surface area contributed by atoms with Crippen molar-refractivity contribution < 1.29 is 9.32 Å². The van der Waals surface area contributed by atoms with Gasteiger partial charge in [0.1, 0.15) is 30.1 Å². The minimum absolute atomic E-state index is 0.199. The summed E-state index contributed by atoms with van der Waals surface area (Å²) in [5, 5.41) is 6.27. The maximum atomic E-state index is 11.9. The summed E-state index contributed by atoms with van der Waals surface area (Å²) in [5.41, 5.74) is 0.199. The summed E-state index contributed by atoms with van der Waals surface area (Å²) in [6.07, 6.45) is 6.35. The molecule has 0 aromatic carbocycles. The number of hydrogen-bond acceptors (Lipinski definition) is 6. The number of carbonyl (C=O) groups is 1. The Hall–Kier alpha value is -3.03. The van der Waals surface area contributed by atoms with Gasteiger partial charge >= 0.3 is 0 Å². The lowest BCUT2D eigenvalue weighted by Crippen LogP contribution is -2.13. The minimum atomic E-state index is -0.392. The SMILES string of the molecule is Cc1cc(C(=O)Nc2cc(-n3ccnc3)ncn2)no1. The molecule has 8 nitrogen and oxygen atoms in total. The van der Waals surface area contributed by atoms with Gasteiger partial charge in [0.05, 0.1) is 0 Å². The Bertz CT molecular complexity index is 734. The standard InChI is InChI=1S/C12H10N6O2/c1-8-4-9(17-20-8)12(19)16-10-5-11(15-6-14-10)18-3-2-13-7-18/h2-7H,1H3,(H,14,15,16,19). The molecule has 0 atom stereocenters. The molecule has 20 heavy (non-hydrogen) atoms. The van der Waals surface area contributed by atoms with Crippen molar-refractivity contribution in [2.75, 3.05) is 5.32 Å². The number of anilines is 1. The number of nitrogens with zero attached hydrogens (tertiary/aromatic N) is 5. The van der Waals surface area contributed by atoms with Crippen molar-refractivity contribution in [1.29, 1.82) is 0 Å². The average molecular weight is 270 g/mol. The molecule has 0 saturated carbocycles. The van der Waals surface area contributed by atoms with Crippen LogP contribution >= 0.6 is 0 Å². The van der Waals surface area contributed by atoms with E-state index >= 15 is 0 Å². The van der Waals surface area contributed by atoms with Gasteiger partial charge in [-0.3, -0.25) is 9.36 Å². The Morgan fingerprint density at radius 3 is 2.95 bits per heavy atom. The molecular formula is C12H10N6O2. The van der Waals surface area contributed by atoms with E-state index in [-0.39, 0.29) is 5.69 Å². The molecule has 100 valence electrons. The van der Waals surface area contributed by atoms with Gasteiger partial charge in [-0.15, -0.1) is 0 Å². The highest BCUT2D eigenvalue weighted by Gasteiger charge is 2.12. The first kappa shape index (κ1) is 12.0. The van der Waals surface area contributed by atoms with E-state index < -0.39 is 5.91 Å². The molecule has 1 amide bonds. The van der Waals surface area contributed by atoms with Crippen molar-refractivity contribution in [1.82, 2.24) is 24.7 Å². The fourth-order valence-corrected chi connectivity index (χ4v) is 1.61. The molecule has 3 heterocycles. The highest BCUT2D eigenvalue weighted by atomic mass is 16.5. The number of carbonyl (C=O) groups excluding carboxylic acids is 1. The smallest absolute Gasteiger partial charge is 0.279 e. The number of amides is 1. The van der Waals surface area contributed by atoms with Crippen LogP contribution in [0.5, 0.6) is 0 Å². The van der Waals surface area contributed by atoms with Gasteiger partial charge < -0.3 is 9.84 Å². The lowest BCUT2D eigenvalue weighted by Gasteiger charge is -2.04. The first-order valence-electron chi connectivity index (χ1n) is 5.77. The van der Waals surface area contributed by atoms with Crippen molar-refractivity contribution in [3.8, 4) is 5.82 Å². The van der Waals surface area contributed by atoms with Gasteiger partial charge in [0.15, 0.2) is 5.69 Å². The fraction of sp³-hybridized carbons (Fsp3) is 0.0833. The average Bonchev–Trinajstić information content (AvgIpc) is 3.10. The molecule has 0 saturated heterocycles. The van der Waals surface area contributed by atoms with E-state index in [0.717, 1.165) is 0 Å². The third-order valence-corrected chi connectivity index (χ3v) is 2.52. The first-order valence-corrected chi connectivity index (χ1v) is 5.77. The number of nitrogens with one attached hydrogen (secondary N) is 1. The molecule has 0 radical (unpaired) electrons. The van der Waals surface area contributed by atoms with Crippen LogP contribution in [-0.4, -0.2) is 30.6 Å². The molecule has 0 bridgehead atoms. The van der Waals surface area contributed by atoms with Crippen molar-refractivity contribution in [2.24, 2.45) is 0 Å². The lowest BCUT2D eigenvalue weighted by molar-refractivity contribution is 0.101. The quantitative estimate of drug-likeness (QED) is 0.768. The molecule has 1 N–H and O–H groups in total. The fourth-order valence-electron chi connectivity index (χ4n) is 1.61. The molecule has 0 fully saturated rings. The van der Waals surface area contributed by atoms with Gasteiger partial charge in [-0.25, -0.2) is 15.0 Å². The summed E-state index contributed by atoms with van der Waals surface area (Å²) in [6.45, 7) is 1.71. The third-order valence-electron chi connectivity index (χ3n) is 2.52. The summed E-state index contributed by atoms with van der Waals surface area (Å²) in [4.78, 5) is 23.9. The Morgan fingerprint density at radius 2 is 2.25 bits per heavy atom. The molecule has 0 unspecified atom stereocenters. The minimum Gasteiger partial charge on any atom is -0.361 e. The van der Waals surface area contributed by atoms with Crippen LogP contribution in [-0.2, 0) is 0 Å². The molecule has 0 aliphatic heterocycles. The lowest BCUT2D eigenvalue weighted by atomic mass is 10.3. The maximum Gasteiger partial charge on any atom is 0.279 e. The summed E-state index contributed by atoms with van der Waals surface area (Å²) < 4.78 is 6.56. The second-order valence-electron chi connectivity index (χ2n) is 4.01. The van der Waals surface area contributed by atoms with E-state index in [2.05, 4.69) is 25.4 Å². The molecule has 0 spiro atoms. The number of aromatic nitrogens is 5. The van der Waals surface area contributed by atoms with Crippen molar-refractivity contribution in [3.05, 3.63) is 48.6 Å². The normalized spacial score (nSPS) is 10.4. The highest BCUT2D eigenvalue weighted by Crippen LogP contribution is 2.10. The van der Waals surface area contributed by atoms with E-state index in [4.69, 9.17) is 4.52 Å². The van der Waals surface area contributed by atoms with Crippen molar-refractivity contribution >= 4 is 11.7 Å². The Kier molecular flexibility index (Phi) is 2.96.